The number of nitrogens with one attached hydrogen (secondary N) is 1. The van der Waals surface area contributed by atoms with Crippen molar-refractivity contribution in [3.8, 4) is 0 Å². The van der Waals surface area contributed by atoms with E-state index in [0.717, 1.165) is 38.5 Å². The third-order valence-electron chi connectivity index (χ3n) is 12.1. The van der Waals surface area contributed by atoms with Gasteiger partial charge in [-0.1, -0.05) is 219 Å². The lowest BCUT2D eigenvalue weighted by molar-refractivity contribution is -0.298. The van der Waals surface area contributed by atoms with E-state index < -0.39 is 59.9 Å². The molecule has 1 fully saturated rings. The highest BCUT2D eigenvalue weighted by Gasteiger charge is 2.47. The van der Waals surface area contributed by atoms with Crippen LogP contribution in [0.2, 0.25) is 0 Å². The Labute approximate surface area is 378 Å². The first kappa shape index (κ1) is 60.8. The van der Waals surface area contributed by atoms with Crippen molar-refractivity contribution < 1.29 is 51.8 Å². The molecule has 1 aliphatic heterocycles. The zero-order valence-corrected chi connectivity index (χ0v) is 40.5. The quantitative estimate of drug-likeness (QED) is 0.0146. The molecule has 7 atom stereocenters. The van der Waals surface area contributed by atoms with Crippen LogP contribution in [0.5, 0.6) is 0 Å². The zero-order valence-electron chi connectivity index (χ0n) is 39.7. The molecule has 370 valence electrons. The topological polar surface area (TPSA) is 231 Å². The van der Waals surface area contributed by atoms with Gasteiger partial charge in [-0.3, -0.25) is 8.98 Å². The number of quaternary nitrogens is 1. The van der Waals surface area contributed by atoms with Crippen molar-refractivity contribution in [1.82, 2.24) is 11.5 Å². The van der Waals surface area contributed by atoms with Crippen molar-refractivity contribution in [2.24, 2.45) is 0 Å². The van der Waals surface area contributed by atoms with Gasteiger partial charge >= 0.3 is 0 Å². The molecule has 0 radical (unpaired) electrons. The fourth-order valence-corrected chi connectivity index (χ4v) is 8.66. The van der Waals surface area contributed by atoms with E-state index in [9.17, 15) is 38.2 Å². The molecule has 0 aliphatic carbocycles. The summed E-state index contributed by atoms with van der Waals surface area (Å²) in [5.74, 6) is -0.267. The molecule has 13 nitrogen and oxygen atoms in total. The summed E-state index contributed by atoms with van der Waals surface area (Å²) in [5.41, 5.74) is 0. The van der Waals surface area contributed by atoms with Crippen molar-refractivity contribution in [1.29, 1.82) is 0 Å². The van der Waals surface area contributed by atoms with Gasteiger partial charge in [0.2, 0.25) is 16.3 Å². The van der Waals surface area contributed by atoms with E-state index in [1.165, 1.54) is 167 Å². The number of carbonyl (C=O) groups is 1. The minimum absolute atomic E-state index is 0. The van der Waals surface area contributed by atoms with Crippen LogP contribution in [0.4, 0.5) is 0 Å². The summed E-state index contributed by atoms with van der Waals surface area (Å²) in [7, 11) is -5.33. The molecule has 0 spiro atoms. The zero-order chi connectivity index (χ0) is 44.8. The van der Waals surface area contributed by atoms with Gasteiger partial charge in [0.25, 0.3) is 0 Å². The smallest absolute Gasteiger partial charge is 0.220 e. The summed E-state index contributed by atoms with van der Waals surface area (Å²) in [6.07, 6.45) is 35.1. The number of allylic oxidation sites excluding steroid dienone is 1. The Balaban J connectivity index is 0.0000372. The SMILES string of the molecule is CCCCCCCCCCCCC/C=C/[C@@H](O)C(CO[C@@H]1O[C@H](CO)[C@H](O)[C@H](OS(=O)(=O)[O-])[C@H]1O)NC(=O)CCCCCCCCCCCCCCCCCCCCCCC.[NH4+]. The van der Waals surface area contributed by atoms with E-state index in [0.29, 0.717) is 6.42 Å². The summed E-state index contributed by atoms with van der Waals surface area (Å²) < 4.78 is 49.4. The normalized spacial score (nSPS) is 20.3. The first-order valence-electron chi connectivity index (χ1n) is 25.1. The maximum Gasteiger partial charge on any atom is 0.220 e. The number of unbranched alkanes of at least 4 members (excludes halogenated alkanes) is 31. The lowest BCUT2D eigenvalue weighted by Crippen LogP contribution is -2.61. The Bertz CT molecular complexity index is 1150. The number of rotatable bonds is 43. The van der Waals surface area contributed by atoms with Gasteiger partial charge in [-0.15, -0.1) is 0 Å². The van der Waals surface area contributed by atoms with Gasteiger partial charge in [-0.2, -0.15) is 0 Å². The van der Waals surface area contributed by atoms with Gasteiger partial charge in [0.15, 0.2) is 6.29 Å². The van der Waals surface area contributed by atoms with Crippen molar-refractivity contribution in [3.63, 3.8) is 0 Å². The Morgan fingerprint density at radius 3 is 1.44 bits per heavy atom. The molecule has 1 amide bonds. The van der Waals surface area contributed by atoms with Crippen LogP contribution in [-0.2, 0) is 28.9 Å². The van der Waals surface area contributed by atoms with Gasteiger partial charge in [-0.05, 0) is 19.3 Å². The van der Waals surface area contributed by atoms with Crippen LogP contribution < -0.4 is 11.5 Å². The van der Waals surface area contributed by atoms with Crippen LogP contribution in [0.1, 0.15) is 232 Å². The highest BCUT2D eigenvalue weighted by atomic mass is 32.3. The molecule has 1 heterocycles. The van der Waals surface area contributed by atoms with Gasteiger partial charge < -0.3 is 45.9 Å². The second kappa shape index (κ2) is 41.2. The van der Waals surface area contributed by atoms with Crippen LogP contribution in [0.3, 0.4) is 0 Å². The molecular weight excluding hydrogens is 813 g/mol. The molecule has 0 aromatic rings. The molecule has 0 bridgehead atoms. The summed E-state index contributed by atoms with van der Waals surface area (Å²) in [5, 5.41) is 44.6. The highest BCUT2D eigenvalue weighted by Crippen LogP contribution is 2.26. The van der Waals surface area contributed by atoms with Crippen LogP contribution in [0.25, 0.3) is 0 Å². The minimum Gasteiger partial charge on any atom is -0.726 e. The van der Waals surface area contributed by atoms with Crippen LogP contribution in [0, 0.1) is 0 Å². The number of ether oxygens (including phenoxy) is 2. The number of hydrogen-bond acceptors (Lipinski definition) is 11. The average Bonchev–Trinajstić information content (AvgIpc) is 3.23. The molecule has 0 saturated carbocycles. The lowest BCUT2D eigenvalue weighted by Gasteiger charge is -2.42. The van der Waals surface area contributed by atoms with Crippen molar-refractivity contribution in [3.05, 3.63) is 12.2 Å². The van der Waals surface area contributed by atoms with Crippen LogP contribution in [-0.4, -0.2) is 95.4 Å². The van der Waals surface area contributed by atoms with Crippen molar-refractivity contribution in [2.75, 3.05) is 13.2 Å². The molecule has 62 heavy (non-hydrogen) atoms. The van der Waals surface area contributed by atoms with E-state index in [1.54, 1.807) is 6.08 Å². The first-order chi connectivity index (χ1) is 29.5. The number of hydrogen-bond donors (Lipinski definition) is 6. The van der Waals surface area contributed by atoms with E-state index in [4.69, 9.17) is 9.47 Å². The van der Waals surface area contributed by atoms with E-state index in [1.807, 2.05) is 6.08 Å². The Morgan fingerprint density at radius 1 is 0.661 bits per heavy atom. The second-order valence-electron chi connectivity index (χ2n) is 17.7. The number of aliphatic hydroxyl groups excluding tert-OH is 4. The third-order valence-corrected chi connectivity index (χ3v) is 12.5. The Morgan fingerprint density at radius 2 is 1.05 bits per heavy atom. The predicted molar refractivity (Wildman–Crippen MR) is 250 cm³/mol. The average molecular weight is 909 g/mol. The molecule has 1 rings (SSSR count). The maximum atomic E-state index is 13.0. The van der Waals surface area contributed by atoms with Gasteiger partial charge in [0.05, 0.1) is 25.4 Å². The van der Waals surface area contributed by atoms with E-state index >= 15 is 0 Å². The highest BCUT2D eigenvalue weighted by molar-refractivity contribution is 7.80. The largest absolute Gasteiger partial charge is 0.726 e. The Hall–Kier alpha value is -1.20. The molecule has 9 N–H and O–H groups in total. The third kappa shape index (κ3) is 33.3. The monoisotopic (exact) mass is 909 g/mol. The lowest BCUT2D eigenvalue weighted by atomic mass is 9.99. The second-order valence-corrected chi connectivity index (χ2v) is 18.8. The molecule has 1 saturated heterocycles. The Kier molecular flexibility index (Phi) is 40.4. The summed E-state index contributed by atoms with van der Waals surface area (Å²) >= 11 is 0. The fourth-order valence-electron chi connectivity index (χ4n) is 8.16. The van der Waals surface area contributed by atoms with Crippen LogP contribution in [0.15, 0.2) is 12.2 Å². The molecular formula is C48H96N2O11S. The van der Waals surface area contributed by atoms with E-state index in [2.05, 4.69) is 23.3 Å². The fraction of sp³-hybridized carbons (Fsp3) is 0.938. The van der Waals surface area contributed by atoms with Gasteiger partial charge in [0, 0.05) is 6.42 Å². The molecule has 14 heteroatoms. The number of amides is 1. The predicted octanol–water partition coefficient (Wildman–Crippen LogP) is 10.4. The minimum atomic E-state index is -5.33. The molecule has 1 unspecified atom stereocenters. The number of carbonyl (C=O) groups excluding carboxylic acids is 1. The molecule has 1 aliphatic rings. The first-order valence-corrected chi connectivity index (χ1v) is 26.4. The number of aliphatic hydroxyl groups is 4. The van der Waals surface area contributed by atoms with Crippen molar-refractivity contribution >= 4 is 16.3 Å². The molecule has 0 aromatic carbocycles. The standard InChI is InChI=1S/C48H93NO11S.H3N/c1-3-5-7-9-11-13-15-17-18-19-20-21-22-23-24-26-28-30-32-34-36-38-44(52)49-41(42(51)37-35-33-31-29-27-25-16-14-12-10-8-6-4-2)40-58-48-46(54)47(60-61(55,56)57)45(53)43(39-50)59-48;/h35,37,41-43,45-48,50-51,53-54H,3-34,36,38-40H2,1-2H3,(H,49,52)(H,55,56,57);1H3/b37-35+;/t41?,42-,43-,45+,46-,47+,48-;/m1./s1. The summed E-state index contributed by atoms with van der Waals surface area (Å²) in [6, 6.07) is -0.950. The van der Waals surface area contributed by atoms with Crippen LogP contribution >= 0.6 is 0 Å². The van der Waals surface area contributed by atoms with Gasteiger partial charge in [0.1, 0.15) is 24.4 Å². The summed E-state index contributed by atoms with van der Waals surface area (Å²) in [6.45, 7) is 3.36. The van der Waals surface area contributed by atoms with Crippen molar-refractivity contribution in [2.45, 2.75) is 275 Å². The van der Waals surface area contributed by atoms with E-state index in [-0.39, 0.29) is 25.1 Å². The maximum absolute atomic E-state index is 13.0. The van der Waals surface area contributed by atoms with Gasteiger partial charge in [-0.25, -0.2) is 8.42 Å². The molecule has 0 aromatic heterocycles. The summed E-state index contributed by atoms with van der Waals surface area (Å²) in [4.78, 5) is 13.0.